The fourth-order valence-electron chi connectivity index (χ4n) is 2.39. The fourth-order valence-corrected chi connectivity index (χ4v) is 3.37. The SMILES string of the molecule is CCCc1c(Br)c(-c2ccc(C)cc2)c(C)n1C. The van der Waals surface area contributed by atoms with Crippen LogP contribution in [0.2, 0.25) is 0 Å². The topological polar surface area (TPSA) is 4.93 Å². The van der Waals surface area contributed by atoms with Crippen LogP contribution >= 0.6 is 15.9 Å². The Morgan fingerprint density at radius 2 is 1.72 bits per heavy atom. The van der Waals surface area contributed by atoms with Crippen molar-refractivity contribution < 1.29 is 0 Å². The first kappa shape index (κ1) is 13.4. The molecule has 0 saturated carbocycles. The summed E-state index contributed by atoms with van der Waals surface area (Å²) in [5.41, 5.74) is 6.65. The lowest BCUT2D eigenvalue weighted by Gasteiger charge is -2.04. The highest BCUT2D eigenvalue weighted by Gasteiger charge is 2.16. The van der Waals surface area contributed by atoms with Crippen LogP contribution in [0.1, 0.15) is 30.3 Å². The molecule has 2 aromatic rings. The van der Waals surface area contributed by atoms with Crippen LogP contribution in [0, 0.1) is 13.8 Å². The van der Waals surface area contributed by atoms with E-state index in [9.17, 15) is 0 Å². The number of halogens is 1. The summed E-state index contributed by atoms with van der Waals surface area (Å²) in [4.78, 5) is 0. The smallest absolute Gasteiger partial charge is 0.0465 e. The molecule has 2 heteroatoms. The second-order valence-corrected chi connectivity index (χ2v) is 5.69. The number of aromatic nitrogens is 1. The zero-order valence-corrected chi connectivity index (χ0v) is 13.1. The summed E-state index contributed by atoms with van der Waals surface area (Å²) in [6.45, 7) is 6.54. The van der Waals surface area contributed by atoms with Crippen LogP contribution in [0.4, 0.5) is 0 Å². The Balaban J connectivity index is 2.57. The predicted molar refractivity (Wildman–Crippen MR) is 82.0 cm³/mol. The van der Waals surface area contributed by atoms with Gasteiger partial charge in [0.2, 0.25) is 0 Å². The molecule has 0 aliphatic carbocycles. The van der Waals surface area contributed by atoms with E-state index < -0.39 is 0 Å². The monoisotopic (exact) mass is 305 g/mol. The number of nitrogens with zero attached hydrogens (tertiary/aromatic N) is 1. The van der Waals surface area contributed by atoms with Crippen molar-refractivity contribution in [1.29, 1.82) is 0 Å². The van der Waals surface area contributed by atoms with Gasteiger partial charge in [0.25, 0.3) is 0 Å². The van der Waals surface area contributed by atoms with E-state index in [1.54, 1.807) is 0 Å². The standard InChI is InChI=1S/C16H20BrN/c1-5-6-14-16(17)15(12(3)18(14)4)13-9-7-11(2)8-10-13/h7-10H,5-6H2,1-4H3. The summed E-state index contributed by atoms with van der Waals surface area (Å²) < 4.78 is 3.57. The molecule has 0 unspecified atom stereocenters. The largest absolute Gasteiger partial charge is 0.350 e. The molecule has 1 nitrogen and oxygen atoms in total. The number of aryl methyl sites for hydroxylation is 1. The Labute approximate surface area is 118 Å². The van der Waals surface area contributed by atoms with Crippen molar-refractivity contribution in [2.75, 3.05) is 0 Å². The van der Waals surface area contributed by atoms with Crippen molar-refractivity contribution in [2.24, 2.45) is 7.05 Å². The van der Waals surface area contributed by atoms with Crippen LogP contribution in [-0.4, -0.2) is 4.57 Å². The van der Waals surface area contributed by atoms with Crippen LogP contribution < -0.4 is 0 Å². The molecule has 0 bridgehead atoms. The molecule has 0 aliphatic rings. The van der Waals surface area contributed by atoms with E-state index in [0.29, 0.717) is 0 Å². The van der Waals surface area contributed by atoms with Gasteiger partial charge < -0.3 is 4.57 Å². The number of hydrogen-bond donors (Lipinski definition) is 0. The highest BCUT2D eigenvalue weighted by atomic mass is 79.9. The van der Waals surface area contributed by atoms with Crippen molar-refractivity contribution in [3.8, 4) is 11.1 Å². The molecule has 0 atom stereocenters. The van der Waals surface area contributed by atoms with Crippen molar-refractivity contribution in [2.45, 2.75) is 33.6 Å². The molecule has 0 amide bonds. The van der Waals surface area contributed by atoms with E-state index in [-0.39, 0.29) is 0 Å². The van der Waals surface area contributed by atoms with E-state index in [0.717, 1.165) is 6.42 Å². The van der Waals surface area contributed by atoms with Crippen LogP contribution in [0.25, 0.3) is 11.1 Å². The van der Waals surface area contributed by atoms with Crippen LogP contribution in [-0.2, 0) is 13.5 Å². The maximum Gasteiger partial charge on any atom is 0.0465 e. The maximum atomic E-state index is 3.79. The van der Waals surface area contributed by atoms with Crippen LogP contribution in [0.15, 0.2) is 28.7 Å². The molecule has 0 N–H and O–H groups in total. The van der Waals surface area contributed by atoms with Crippen molar-refractivity contribution in [3.63, 3.8) is 0 Å². The van der Waals surface area contributed by atoms with Gasteiger partial charge in [-0.3, -0.25) is 0 Å². The molecule has 0 saturated heterocycles. The predicted octanol–water partition coefficient (Wildman–Crippen LogP) is 5.02. The van der Waals surface area contributed by atoms with Gasteiger partial charge in [-0.25, -0.2) is 0 Å². The lowest BCUT2D eigenvalue weighted by atomic mass is 10.0. The normalized spacial score (nSPS) is 10.9. The molecule has 0 aliphatic heterocycles. The van der Waals surface area contributed by atoms with E-state index in [2.05, 4.69) is 72.6 Å². The van der Waals surface area contributed by atoms with E-state index in [1.807, 2.05) is 0 Å². The summed E-state index contributed by atoms with van der Waals surface area (Å²) in [7, 11) is 2.16. The molecule has 96 valence electrons. The quantitative estimate of drug-likeness (QED) is 0.750. The Morgan fingerprint density at radius 1 is 1.11 bits per heavy atom. The summed E-state index contributed by atoms with van der Waals surface area (Å²) in [5.74, 6) is 0. The lowest BCUT2D eigenvalue weighted by molar-refractivity contribution is 0.765. The summed E-state index contributed by atoms with van der Waals surface area (Å²) in [6.07, 6.45) is 2.28. The molecular weight excluding hydrogens is 286 g/mol. The van der Waals surface area contributed by atoms with Gasteiger partial charge >= 0.3 is 0 Å². The van der Waals surface area contributed by atoms with Gasteiger partial charge in [-0.05, 0) is 41.8 Å². The second-order valence-electron chi connectivity index (χ2n) is 4.90. The fraction of sp³-hybridized carbons (Fsp3) is 0.375. The third-order valence-corrected chi connectivity index (χ3v) is 4.42. The zero-order chi connectivity index (χ0) is 13.3. The Hall–Kier alpha value is -1.02. The summed E-state index contributed by atoms with van der Waals surface area (Å²) in [5, 5.41) is 0. The first-order valence-electron chi connectivity index (χ1n) is 6.47. The minimum absolute atomic E-state index is 1.11. The molecule has 0 fully saturated rings. The van der Waals surface area contributed by atoms with Gasteiger partial charge in [0.1, 0.15) is 0 Å². The third-order valence-electron chi connectivity index (χ3n) is 3.57. The molecule has 18 heavy (non-hydrogen) atoms. The van der Waals surface area contributed by atoms with E-state index in [4.69, 9.17) is 0 Å². The minimum atomic E-state index is 1.11. The van der Waals surface area contributed by atoms with Gasteiger partial charge in [-0.15, -0.1) is 0 Å². The molecule has 2 rings (SSSR count). The average molecular weight is 306 g/mol. The molecule has 1 aromatic heterocycles. The zero-order valence-electron chi connectivity index (χ0n) is 11.5. The van der Waals surface area contributed by atoms with Crippen molar-refractivity contribution in [1.82, 2.24) is 4.57 Å². The van der Waals surface area contributed by atoms with Crippen LogP contribution in [0.3, 0.4) is 0 Å². The summed E-state index contributed by atoms with van der Waals surface area (Å²) in [6, 6.07) is 8.76. The highest BCUT2D eigenvalue weighted by Crippen LogP contribution is 2.36. The summed E-state index contributed by atoms with van der Waals surface area (Å²) >= 11 is 3.79. The van der Waals surface area contributed by atoms with E-state index >= 15 is 0 Å². The Bertz CT molecular complexity index is 549. The number of rotatable bonds is 3. The van der Waals surface area contributed by atoms with Gasteiger partial charge in [-0.2, -0.15) is 0 Å². The molecular formula is C16H20BrN. The number of benzene rings is 1. The maximum absolute atomic E-state index is 3.79. The Kier molecular flexibility index (Phi) is 3.96. The Morgan fingerprint density at radius 3 is 2.28 bits per heavy atom. The molecule has 1 aromatic carbocycles. The molecule has 1 heterocycles. The lowest BCUT2D eigenvalue weighted by Crippen LogP contribution is -1.97. The molecule has 0 spiro atoms. The minimum Gasteiger partial charge on any atom is -0.350 e. The average Bonchev–Trinajstić information content (AvgIpc) is 2.56. The first-order valence-corrected chi connectivity index (χ1v) is 7.26. The van der Waals surface area contributed by atoms with E-state index in [1.165, 1.54) is 39.0 Å². The van der Waals surface area contributed by atoms with Gasteiger partial charge in [0.15, 0.2) is 0 Å². The molecule has 0 radical (unpaired) electrons. The highest BCUT2D eigenvalue weighted by molar-refractivity contribution is 9.10. The van der Waals surface area contributed by atoms with Gasteiger partial charge in [0.05, 0.1) is 0 Å². The first-order chi connectivity index (χ1) is 8.56. The van der Waals surface area contributed by atoms with Crippen molar-refractivity contribution in [3.05, 3.63) is 45.7 Å². The third kappa shape index (κ3) is 2.26. The second kappa shape index (κ2) is 5.31. The van der Waals surface area contributed by atoms with Gasteiger partial charge in [0, 0.05) is 28.5 Å². The number of hydrogen-bond acceptors (Lipinski definition) is 0. The van der Waals surface area contributed by atoms with Crippen molar-refractivity contribution >= 4 is 15.9 Å². The van der Waals surface area contributed by atoms with Crippen LogP contribution in [0.5, 0.6) is 0 Å². The van der Waals surface area contributed by atoms with Gasteiger partial charge in [-0.1, -0.05) is 43.2 Å².